The van der Waals surface area contributed by atoms with Crippen LogP contribution in [0.2, 0.25) is 5.02 Å². The summed E-state index contributed by atoms with van der Waals surface area (Å²) >= 11 is 6.21. The summed E-state index contributed by atoms with van der Waals surface area (Å²) in [4.78, 5) is 14.4. The van der Waals surface area contributed by atoms with Crippen LogP contribution < -0.4 is 5.32 Å². The van der Waals surface area contributed by atoms with Crippen LogP contribution in [-0.4, -0.2) is 24.0 Å². The number of amides is 2. The van der Waals surface area contributed by atoms with Crippen LogP contribution >= 0.6 is 11.6 Å². The molecule has 0 radical (unpaired) electrons. The molecule has 4 heteroatoms. The Kier molecular flexibility index (Phi) is 4.00. The van der Waals surface area contributed by atoms with Crippen molar-refractivity contribution in [2.75, 3.05) is 7.05 Å². The molecule has 2 amide bonds. The van der Waals surface area contributed by atoms with Gasteiger partial charge in [0.05, 0.1) is 0 Å². The lowest BCUT2D eigenvalue weighted by Gasteiger charge is -2.54. The third kappa shape index (κ3) is 2.96. The number of benzene rings is 1. The highest BCUT2D eigenvalue weighted by molar-refractivity contribution is 6.31. The van der Waals surface area contributed by atoms with Gasteiger partial charge in [-0.15, -0.1) is 0 Å². The van der Waals surface area contributed by atoms with E-state index in [-0.39, 0.29) is 6.03 Å². The fourth-order valence-corrected chi connectivity index (χ4v) is 5.56. The Morgan fingerprint density at radius 1 is 1.13 bits per heavy atom. The average molecular weight is 333 g/mol. The monoisotopic (exact) mass is 332 g/mol. The van der Waals surface area contributed by atoms with Gasteiger partial charge in [0.2, 0.25) is 0 Å². The van der Waals surface area contributed by atoms with E-state index in [1.165, 1.54) is 32.1 Å². The Hall–Kier alpha value is -1.22. The topological polar surface area (TPSA) is 32.3 Å². The summed E-state index contributed by atoms with van der Waals surface area (Å²) < 4.78 is 0. The average Bonchev–Trinajstić information content (AvgIpc) is 2.52. The van der Waals surface area contributed by atoms with E-state index in [2.05, 4.69) is 5.32 Å². The predicted molar refractivity (Wildman–Crippen MR) is 92.3 cm³/mol. The number of hydrogen-bond acceptors (Lipinski definition) is 1. The number of hydrogen-bond donors (Lipinski definition) is 1. The first-order valence-electron chi connectivity index (χ1n) is 8.85. The third-order valence-electron chi connectivity index (χ3n) is 6.23. The summed E-state index contributed by atoms with van der Waals surface area (Å²) in [6.45, 7) is 0.554. The summed E-state index contributed by atoms with van der Waals surface area (Å²) in [5, 5.41) is 4.07. The fourth-order valence-electron chi connectivity index (χ4n) is 5.37. The Balaban J connectivity index is 1.39. The van der Waals surface area contributed by atoms with E-state index >= 15 is 0 Å². The second-order valence-electron chi connectivity index (χ2n) is 7.85. The summed E-state index contributed by atoms with van der Waals surface area (Å²) in [5.74, 6) is 3.30. The minimum absolute atomic E-state index is 0.0439. The Bertz CT molecular complexity index is 575. The summed E-state index contributed by atoms with van der Waals surface area (Å²) in [7, 11) is 1.86. The lowest BCUT2D eigenvalue weighted by molar-refractivity contribution is -0.0108. The van der Waals surface area contributed by atoms with E-state index in [0.717, 1.165) is 22.4 Å². The predicted octanol–water partition coefficient (Wildman–Crippen LogP) is 4.31. The van der Waals surface area contributed by atoms with Crippen molar-refractivity contribution in [1.29, 1.82) is 0 Å². The molecule has 4 aliphatic rings. The molecule has 4 bridgehead atoms. The highest BCUT2D eigenvalue weighted by Crippen LogP contribution is 2.53. The maximum atomic E-state index is 12.6. The van der Waals surface area contributed by atoms with E-state index in [1.54, 1.807) is 4.90 Å². The van der Waals surface area contributed by atoms with E-state index < -0.39 is 0 Å². The van der Waals surface area contributed by atoms with Gasteiger partial charge >= 0.3 is 6.03 Å². The van der Waals surface area contributed by atoms with E-state index in [9.17, 15) is 4.79 Å². The second-order valence-corrected chi connectivity index (χ2v) is 8.26. The van der Waals surface area contributed by atoms with Gasteiger partial charge in [0.25, 0.3) is 0 Å². The molecular formula is C19H25ClN2O. The molecular weight excluding hydrogens is 308 g/mol. The molecule has 4 saturated carbocycles. The van der Waals surface area contributed by atoms with E-state index in [0.29, 0.717) is 24.4 Å². The van der Waals surface area contributed by atoms with Crippen LogP contribution in [-0.2, 0) is 6.54 Å². The van der Waals surface area contributed by atoms with Gasteiger partial charge in [-0.1, -0.05) is 29.8 Å². The Morgan fingerprint density at radius 3 is 2.35 bits per heavy atom. The quantitative estimate of drug-likeness (QED) is 0.879. The number of urea groups is 1. The number of carbonyl (C=O) groups is 1. The van der Waals surface area contributed by atoms with Crippen molar-refractivity contribution in [2.24, 2.45) is 23.7 Å². The van der Waals surface area contributed by atoms with Crippen molar-refractivity contribution >= 4 is 17.6 Å². The Morgan fingerprint density at radius 2 is 1.74 bits per heavy atom. The first-order chi connectivity index (χ1) is 11.1. The summed E-state index contributed by atoms with van der Waals surface area (Å²) in [6.07, 6.45) is 6.75. The standard InChI is InChI=1S/C19H25ClN2O/c1-22(11-14-4-2-3-5-17(14)20)19(23)21-18-15-7-12-6-13(9-15)10-16(18)8-12/h2-5,12-13,15-16,18H,6-11H2,1H3,(H,21,23). The van der Waals surface area contributed by atoms with Crippen molar-refractivity contribution < 1.29 is 4.79 Å². The zero-order valence-electron chi connectivity index (χ0n) is 13.7. The highest BCUT2D eigenvalue weighted by atomic mass is 35.5. The molecule has 0 saturated heterocycles. The molecule has 0 atom stereocenters. The van der Waals surface area contributed by atoms with Crippen molar-refractivity contribution in [1.82, 2.24) is 10.2 Å². The first kappa shape index (κ1) is 15.3. The highest BCUT2D eigenvalue weighted by Gasteiger charge is 2.48. The molecule has 0 unspecified atom stereocenters. The molecule has 4 fully saturated rings. The zero-order chi connectivity index (χ0) is 16.0. The maximum absolute atomic E-state index is 12.6. The molecule has 0 aromatic heterocycles. The van der Waals surface area contributed by atoms with Gasteiger partial charge in [-0.25, -0.2) is 4.79 Å². The lowest BCUT2D eigenvalue weighted by Crippen LogP contribution is -2.57. The van der Waals surface area contributed by atoms with Crippen LogP contribution in [0.4, 0.5) is 4.79 Å². The molecule has 1 N–H and O–H groups in total. The lowest BCUT2D eigenvalue weighted by atomic mass is 9.54. The molecule has 124 valence electrons. The Labute approximate surface area is 143 Å². The van der Waals surface area contributed by atoms with Crippen LogP contribution in [0.5, 0.6) is 0 Å². The molecule has 0 aliphatic heterocycles. The molecule has 23 heavy (non-hydrogen) atoms. The number of rotatable bonds is 3. The van der Waals surface area contributed by atoms with Crippen molar-refractivity contribution in [3.8, 4) is 0 Å². The normalized spacial score (nSPS) is 34.4. The molecule has 0 heterocycles. The van der Waals surface area contributed by atoms with Crippen LogP contribution in [0, 0.1) is 23.7 Å². The fraction of sp³-hybridized carbons (Fsp3) is 0.632. The van der Waals surface area contributed by atoms with Crippen LogP contribution in [0.15, 0.2) is 24.3 Å². The second kappa shape index (κ2) is 6.01. The maximum Gasteiger partial charge on any atom is 0.317 e. The minimum atomic E-state index is 0.0439. The number of carbonyl (C=O) groups excluding carboxylic acids is 1. The molecule has 1 aromatic carbocycles. The number of halogens is 1. The number of nitrogens with one attached hydrogen (secondary N) is 1. The minimum Gasteiger partial charge on any atom is -0.335 e. The molecule has 0 spiro atoms. The van der Waals surface area contributed by atoms with E-state index in [4.69, 9.17) is 11.6 Å². The summed E-state index contributed by atoms with van der Waals surface area (Å²) in [6, 6.07) is 8.17. The van der Waals surface area contributed by atoms with Gasteiger partial charge in [-0.2, -0.15) is 0 Å². The number of nitrogens with zero attached hydrogens (tertiary/aromatic N) is 1. The SMILES string of the molecule is CN(Cc1ccccc1Cl)C(=O)NC1C2CC3CC(C2)CC1C3. The smallest absolute Gasteiger partial charge is 0.317 e. The zero-order valence-corrected chi connectivity index (χ0v) is 14.4. The van der Waals surface area contributed by atoms with Crippen LogP contribution in [0.3, 0.4) is 0 Å². The van der Waals surface area contributed by atoms with Crippen LogP contribution in [0.1, 0.15) is 37.7 Å². The van der Waals surface area contributed by atoms with Crippen LogP contribution in [0.25, 0.3) is 0 Å². The van der Waals surface area contributed by atoms with Crippen molar-refractivity contribution in [2.45, 2.75) is 44.7 Å². The van der Waals surface area contributed by atoms with Gasteiger partial charge < -0.3 is 10.2 Å². The summed E-state index contributed by atoms with van der Waals surface area (Å²) in [5.41, 5.74) is 0.997. The van der Waals surface area contributed by atoms with E-state index in [1.807, 2.05) is 31.3 Å². The van der Waals surface area contributed by atoms with Crippen molar-refractivity contribution in [3.05, 3.63) is 34.9 Å². The first-order valence-corrected chi connectivity index (χ1v) is 9.23. The molecule has 3 nitrogen and oxygen atoms in total. The largest absolute Gasteiger partial charge is 0.335 e. The molecule has 1 aromatic rings. The van der Waals surface area contributed by atoms with Gasteiger partial charge in [0.1, 0.15) is 0 Å². The van der Waals surface area contributed by atoms with Gasteiger partial charge in [0, 0.05) is 24.7 Å². The molecule has 4 aliphatic carbocycles. The molecule has 5 rings (SSSR count). The van der Waals surface area contributed by atoms with Crippen molar-refractivity contribution in [3.63, 3.8) is 0 Å². The van der Waals surface area contributed by atoms with Gasteiger partial charge in [-0.3, -0.25) is 0 Å². The van der Waals surface area contributed by atoms with Gasteiger partial charge in [0.15, 0.2) is 0 Å². The third-order valence-corrected chi connectivity index (χ3v) is 6.60. The van der Waals surface area contributed by atoms with Gasteiger partial charge in [-0.05, 0) is 67.4 Å².